The first kappa shape index (κ1) is 19.6. The molecule has 0 aliphatic carbocycles. The summed E-state index contributed by atoms with van der Waals surface area (Å²) in [6, 6.07) is 14.9. The van der Waals surface area contributed by atoms with Gasteiger partial charge in [-0.2, -0.15) is 9.61 Å². The van der Waals surface area contributed by atoms with E-state index in [1.54, 1.807) is 26.4 Å². The molecule has 0 radical (unpaired) electrons. The molecule has 30 heavy (non-hydrogen) atoms. The number of ether oxygens (including phenoxy) is 2. The maximum atomic E-state index is 9.47. The Morgan fingerprint density at radius 1 is 0.967 bits per heavy atom. The second-order valence-corrected chi connectivity index (χ2v) is 7.07. The molecule has 0 saturated heterocycles. The van der Waals surface area contributed by atoms with Gasteiger partial charge in [0.25, 0.3) is 0 Å². The molecule has 2 N–H and O–H groups in total. The van der Waals surface area contributed by atoms with Crippen molar-refractivity contribution in [3.63, 3.8) is 0 Å². The molecule has 0 amide bonds. The van der Waals surface area contributed by atoms with Crippen molar-refractivity contribution in [2.75, 3.05) is 19.5 Å². The highest BCUT2D eigenvalue weighted by Gasteiger charge is 2.17. The van der Waals surface area contributed by atoms with Crippen molar-refractivity contribution in [1.82, 2.24) is 14.6 Å². The second-order valence-electron chi connectivity index (χ2n) is 7.07. The van der Waals surface area contributed by atoms with Crippen molar-refractivity contribution in [3.8, 4) is 28.4 Å². The normalized spacial score (nSPS) is 10.9. The minimum absolute atomic E-state index is 0.253. The van der Waals surface area contributed by atoms with Crippen LogP contribution in [0.2, 0.25) is 0 Å². The predicted octanol–water partition coefficient (Wildman–Crippen LogP) is 4.35. The SMILES string of the molecule is COc1ccc(-c2c(C)nn3c(NCc4ccc(O)cc4)cc(C)nc23)cc1OC. The lowest BCUT2D eigenvalue weighted by atomic mass is 10.1. The molecule has 0 bridgehead atoms. The lowest BCUT2D eigenvalue weighted by Gasteiger charge is -2.11. The Labute approximate surface area is 174 Å². The summed E-state index contributed by atoms with van der Waals surface area (Å²) in [4.78, 5) is 4.75. The number of phenolic OH excluding ortho intramolecular Hbond substituents is 1. The maximum Gasteiger partial charge on any atom is 0.165 e. The first-order valence-corrected chi connectivity index (χ1v) is 9.61. The molecule has 2 aromatic carbocycles. The molecule has 0 aliphatic rings. The van der Waals surface area contributed by atoms with E-state index in [-0.39, 0.29) is 5.75 Å². The van der Waals surface area contributed by atoms with Gasteiger partial charge in [-0.3, -0.25) is 0 Å². The fourth-order valence-corrected chi connectivity index (χ4v) is 3.51. The zero-order valence-corrected chi connectivity index (χ0v) is 17.4. The van der Waals surface area contributed by atoms with Gasteiger partial charge in [-0.05, 0) is 49.2 Å². The van der Waals surface area contributed by atoms with Gasteiger partial charge in [0.2, 0.25) is 0 Å². The Hall–Kier alpha value is -3.74. The maximum absolute atomic E-state index is 9.47. The van der Waals surface area contributed by atoms with Crippen molar-refractivity contribution in [3.05, 3.63) is 65.5 Å². The van der Waals surface area contributed by atoms with E-state index in [0.29, 0.717) is 18.0 Å². The number of benzene rings is 2. The number of anilines is 1. The van der Waals surface area contributed by atoms with Gasteiger partial charge in [0.05, 0.1) is 19.9 Å². The van der Waals surface area contributed by atoms with Crippen LogP contribution in [-0.4, -0.2) is 33.9 Å². The molecule has 0 saturated carbocycles. The van der Waals surface area contributed by atoms with Crippen molar-refractivity contribution in [2.45, 2.75) is 20.4 Å². The van der Waals surface area contributed by atoms with Gasteiger partial charge in [-0.25, -0.2) is 4.98 Å². The van der Waals surface area contributed by atoms with E-state index >= 15 is 0 Å². The summed E-state index contributed by atoms with van der Waals surface area (Å²) in [5.74, 6) is 2.44. The average Bonchev–Trinajstić information content (AvgIpc) is 3.08. The molecule has 4 aromatic rings. The van der Waals surface area contributed by atoms with Crippen LogP contribution in [0.3, 0.4) is 0 Å². The largest absolute Gasteiger partial charge is 0.508 e. The van der Waals surface area contributed by atoms with Crippen LogP contribution in [-0.2, 0) is 6.54 Å². The van der Waals surface area contributed by atoms with E-state index in [2.05, 4.69) is 5.32 Å². The minimum atomic E-state index is 0.253. The van der Waals surface area contributed by atoms with E-state index in [0.717, 1.165) is 39.5 Å². The van der Waals surface area contributed by atoms with Crippen LogP contribution in [0.1, 0.15) is 17.0 Å². The van der Waals surface area contributed by atoms with Crippen molar-refractivity contribution in [2.24, 2.45) is 0 Å². The molecule has 7 heteroatoms. The number of phenols is 1. The highest BCUT2D eigenvalue weighted by atomic mass is 16.5. The number of nitrogens with one attached hydrogen (secondary N) is 1. The molecule has 0 atom stereocenters. The first-order chi connectivity index (χ1) is 14.5. The Balaban J connectivity index is 1.76. The smallest absolute Gasteiger partial charge is 0.165 e. The van der Waals surface area contributed by atoms with E-state index in [9.17, 15) is 5.11 Å². The van der Waals surface area contributed by atoms with Crippen molar-refractivity contribution >= 4 is 11.5 Å². The third kappa shape index (κ3) is 3.61. The third-order valence-electron chi connectivity index (χ3n) is 4.97. The van der Waals surface area contributed by atoms with Crippen LogP contribution in [0, 0.1) is 13.8 Å². The molecular weight excluding hydrogens is 380 g/mol. The topological polar surface area (TPSA) is 80.9 Å². The number of aromatic nitrogens is 3. The lowest BCUT2D eigenvalue weighted by Crippen LogP contribution is -2.06. The number of hydrogen-bond donors (Lipinski definition) is 2. The van der Waals surface area contributed by atoms with E-state index in [4.69, 9.17) is 19.6 Å². The fourth-order valence-electron chi connectivity index (χ4n) is 3.51. The lowest BCUT2D eigenvalue weighted by molar-refractivity contribution is 0.355. The van der Waals surface area contributed by atoms with Gasteiger partial charge >= 0.3 is 0 Å². The summed E-state index contributed by atoms with van der Waals surface area (Å²) >= 11 is 0. The first-order valence-electron chi connectivity index (χ1n) is 9.61. The highest BCUT2D eigenvalue weighted by molar-refractivity contribution is 5.82. The molecule has 0 aliphatic heterocycles. The number of aryl methyl sites for hydroxylation is 2. The summed E-state index contributed by atoms with van der Waals surface area (Å²) in [5.41, 5.74) is 5.49. The van der Waals surface area contributed by atoms with Crippen molar-refractivity contribution < 1.29 is 14.6 Å². The number of hydrogen-bond acceptors (Lipinski definition) is 6. The zero-order chi connectivity index (χ0) is 21.3. The van der Waals surface area contributed by atoms with Crippen LogP contribution in [0.25, 0.3) is 16.8 Å². The number of rotatable bonds is 6. The van der Waals surface area contributed by atoms with E-state index < -0.39 is 0 Å². The summed E-state index contributed by atoms with van der Waals surface area (Å²) in [6.07, 6.45) is 0. The standard InChI is InChI=1S/C23H24N4O3/c1-14-11-21(24-13-16-5-8-18(28)9-6-16)27-23(25-14)22(15(2)26-27)17-7-10-19(29-3)20(12-17)30-4/h5-12,24,28H,13H2,1-4H3. The summed E-state index contributed by atoms with van der Waals surface area (Å²) in [5, 5.41) is 17.6. The van der Waals surface area contributed by atoms with Gasteiger partial charge in [0.1, 0.15) is 11.6 Å². The molecule has 0 fully saturated rings. The molecule has 4 rings (SSSR count). The molecular formula is C23H24N4O3. The fraction of sp³-hybridized carbons (Fsp3) is 0.217. The summed E-state index contributed by atoms with van der Waals surface area (Å²) < 4.78 is 12.7. The molecule has 2 heterocycles. The zero-order valence-electron chi connectivity index (χ0n) is 17.4. The predicted molar refractivity (Wildman–Crippen MR) is 116 cm³/mol. The Morgan fingerprint density at radius 3 is 2.40 bits per heavy atom. The van der Waals surface area contributed by atoms with Crippen LogP contribution in [0.5, 0.6) is 17.2 Å². The van der Waals surface area contributed by atoms with Gasteiger partial charge < -0.3 is 19.9 Å². The second kappa shape index (κ2) is 7.94. The quantitative estimate of drug-likeness (QED) is 0.497. The summed E-state index contributed by atoms with van der Waals surface area (Å²) in [7, 11) is 3.24. The third-order valence-corrected chi connectivity index (χ3v) is 4.97. The minimum Gasteiger partial charge on any atom is -0.508 e. The molecule has 154 valence electrons. The number of aromatic hydroxyl groups is 1. The van der Waals surface area contributed by atoms with Gasteiger partial charge in [0, 0.05) is 23.9 Å². The Kier molecular flexibility index (Phi) is 5.18. The number of nitrogens with zero attached hydrogens (tertiary/aromatic N) is 3. The van der Waals surface area contributed by atoms with Gasteiger partial charge in [-0.1, -0.05) is 18.2 Å². The van der Waals surface area contributed by atoms with Crippen LogP contribution in [0.15, 0.2) is 48.5 Å². The van der Waals surface area contributed by atoms with Crippen LogP contribution in [0.4, 0.5) is 5.82 Å². The van der Waals surface area contributed by atoms with Gasteiger partial charge in [0.15, 0.2) is 17.1 Å². The summed E-state index contributed by atoms with van der Waals surface area (Å²) in [6.45, 7) is 4.54. The van der Waals surface area contributed by atoms with Crippen LogP contribution >= 0.6 is 0 Å². The molecule has 0 unspecified atom stereocenters. The monoisotopic (exact) mass is 404 g/mol. The van der Waals surface area contributed by atoms with Gasteiger partial charge in [-0.15, -0.1) is 0 Å². The Morgan fingerprint density at radius 2 is 1.70 bits per heavy atom. The molecule has 0 spiro atoms. The van der Waals surface area contributed by atoms with Crippen molar-refractivity contribution in [1.29, 1.82) is 0 Å². The Bertz CT molecular complexity index is 1200. The molecule has 2 aromatic heterocycles. The van der Waals surface area contributed by atoms with E-state index in [1.807, 2.05) is 54.8 Å². The van der Waals surface area contributed by atoms with E-state index in [1.165, 1.54) is 0 Å². The highest BCUT2D eigenvalue weighted by Crippen LogP contribution is 2.35. The molecule has 7 nitrogen and oxygen atoms in total. The number of methoxy groups -OCH3 is 2. The number of fused-ring (bicyclic) bond motifs is 1. The van der Waals surface area contributed by atoms with Crippen LogP contribution < -0.4 is 14.8 Å². The average molecular weight is 404 g/mol.